The quantitative estimate of drug-likeness (QED) is 0.354. The van der Waals surface area contributed by atoms with E-state index in [0.717, 1.165) is 40.2 Å². The highest BCUT2D eigenvalue weighted by Gasteiger charge is 2.22. The van der Waals surface area contributed by atoms with Gasteiger partial charge in [0.1, 0.15) is 23.0 Å². The van der Waals surface area contributed by atoms with Crippen LogP contribution >= 0.6 is 11.3 Å². The van der Waals surface area contributed by atoms with Gasteiger partial charge in [-0.2, -0.15) is 0 Å². The summed E-state index contributed by atoms with van der Waals surface area (Å²) < 4.78 is 6.38. The third-order valence-electron chi connectivity index (χ3n) is 5.88. The van der Waals surface area contributed by atoms with Gasteiger partial charge in [0.05, 0.1) is 52.4 Å². The molecule has 1 saturated heterocycles. The van der Waals surface area contributed by atoms with E-state index in [9.17, 15) is 4.79 Å². The van der Waals surface area contributed by atoms with Gasteiger partial charge in [-0.05, 0) is 24.4 Å². The number of rotatable bonds is 5. The molecule has 6 heterocycles. The Hall–Kier alpha value is -3.83. The van der Waals surface area contributed by atoms with Crippen molar-refractivity contribution < 1.29 is 4.74 Å². The molecule has 0 aliphatic carbocycles. The molecule has 0 saturated carbocycles. The summed E-state index contributed by atoms with van der Waals surface area (Å²) in [5, 5.41) is 5.43. The number of hydrogen-bond donors (Lipinski definition) is 3. The Morgan fingerprint density at radius 1 is 1.15 bits per heavy atom. The van der Waals surface area contributed by atoms with Crippen LogP contribution in [0.4, 0.5) is 11.5 Å². The van der Waals surface area contributed by atoms with Gasteiger partial charge in [0, 0.05) is 31.5 Å². The molecule has 34 heavy (non-hydrogen) atoms. The number of aromatic nitrogens is 6. The van der Waals surface area contributed by atoms with Crippen LogP contribution in [0.1, 0.15) is 18.8 Å². The fourth-order valence-electron chi connectivity index (χ4n) is 4.17. The number of imidazole rings is 1. The molecule has 1 fully saturated rings. The molecule has 0 aromatic carbocycles. The maximum atomic E-state index is 13.2. The lowest BCUT2D eigenvalue weighted by molar-refractivity contribution is 0.122. The molecule has 10 nitrogen and oxygen atoms in total. The van der Waals surface area contributed by atoms with Crippen LogP contribution < -0.4 is 15.8 Å². The molecule has 11 heteroatoms. The number of nitrogens with zero attached hydrogens (tertiary/aromatic N) is 5. The average Bonchev–Trinajstić information content (AvgIpc) is 3.51. The lowest BCUT2D eigenvalue weighted by Crippen LogP contribution is -2.36. The van der Waals surface area contributed by atoms with Crippen molar-refractivity contribution in [1.82, 2.24) is 29.9 Å². The van der Waals surface area contributed by atoms with Gasteiger partial charge in [0.25, 0.3) is 5.56 Å². The molecule has 0 bridgehead atoms. The van der Waals surface area contributed by atoms with Gasteiger partial charge in [-0.1, -0.05) is 0 Å². The molecule has 0 amide bonds. The number of anilines is 2. The van der Waals surface area contributed by atoms with Gasteiger partial charge in [0.15, 0.2) is 0 Å². The van der Waals surface area contributed by atoms with Crippen LogP contribution in [-0.4, -0.2) is 56.2 Å². The first-order chi connectivity index (χ1) is 16.7. The van der Waals surface area contributed by atoms with Crippen molar-refractivity contribution >= 4 is 44.1 Å². The zero-order valence-electron chi connectivity index (χ0n) is 18.4. The third-order valence-corrected chi connectivity index (χ3v) is 6.81. The minimum atomic E-state index is -0.227. The minimum Gasteiger partial charge on any atom is -0.378 e. The van der Waals surface area contributed by atoms with Gasteiger partial charge in [-0.3, -0.25) is 4.79 Å². The van der Waals surface area contributed by atoms with Crippen LogP contribution in [-0.2, 0) is 4.74 Å². The third kappa shape index (κ3) is 3.68. The van der Waals surface area contributed by atoms with Gasteiger partial charge in [-0.15, -0.1) is 11.3 Å². The largest absolute Gasteiger partial charge is 0.378 e. The van der Waals surface area contributed by atoms with Crippen LogP contribution in [0, 0.1) is 0 Å². The summed E-state index contributed by atoms with van der Waals surface area (Å²) in [5.74, 6) is 1.98. The summed E-state index contributed by atoms with van der Waals surface area (Å²) in [7, 11) is 0. The molecule has 1 aliphatic rings. The zero-order valence-corrected chi connectivity index (χ0v) is 19.2. The van der Waals surface area contributed by atoms with Gasteiger partial charge in [0.2, 0.25) is 0 Å². The van der Waals surface area contributed by atoms with Crippen molar-refractivity contribution in [2.45, 2.75) is 13.0 Å². The van der Waals surface area contributed by atoms with Crippen molar-refractivity contribution in [3.63, 3.8) is 0 Å². The summed E-state index contributed by atoms with van der Waals surface area (Å²) in [6, 6.07) is 5.41. The Morgan fingerprint density at radius 2 is 1.97 bits per heavy atom. The lowest BCUT2D eigenvalue weighted by Gasteiger charge is -2.27. The van der Waals surface area contributed by atoms with E-state index < -0.39 is 0 Å². The van der Waals surface area contributed by atoms with E-state index in [2.05, 4.69) is 35.1 Å². The number of nitrogens with one attached hydrogen (secondary N) is 3. The maximum absolute atomic E-state index is 13.2. The molecule has 0 spiro atoms. The number of hydrogen-bond acceptors (Lipinski definition) is 9. The molecule has 3 N–H and O–H groups in total. The summed E-state index contributed by atoms with van der Waals surface area (Å²) in [6.07, 6.45) is 5.18. The lowest BCUT2D eigenvalue weighted by atomic mass is 10.1. The van der Waals surface area contributed by atoms with Crippen LogP contribution in [0.2, 0.25) is 0 Å². The normalized spacial score (nSPS) is 15.1. The Labute approximate surface area is 198 Å². The predicted molar refractivity (Wildman–Crippen MR) is 132 cm³/mol. The maximum Gasteiger partial charge on any atom is 0.261 e. The number of thiophene rings is 1. The van der Waals surface area contributed by atoms with Crippen LogP contribution in [0.25, 0.3) is 32.6 Å². The fraction of sp³-hybridized carbons (Fsp3) is 0.261. The molecule has 6 rings (SSSR count). The number of morpholine rings is 1. The Bertz CT molecular complexity index is 1520. The highest BCUT2D eigenvalue weighted by Crippen LogP contribution is 2.36. The first-order valence-corrected chi connectivity index (χ1v) is 11.9. The van der Waals surface area contributed by atoms with E-state index >= 15 is 0 Å². The van der Waals surface area contributed by atoms with E-state index in [-0.39, 0.29) is 11.6 Å². The van der Waals surface area contributed by atoms with Crippen molar-refractivity contribution in [1.29, 1.82) is 0 Å². The summed E-state index contributed by atoms with van der Waals surface area (Å²) in [5.41, 5.74) is 3.21. The van der Waals surface area contributed by atoms with E-state index in [1.54, 1.807) is 36.0 Å². The fourth-order valence-corrected chi connectivity index (χ4v) is 5.04. The summed E-state index contributed by atoms with van der Waals surface area (Å²) >= 11 is 1.55. The average molecular weight is 475 g/mol. The monoisotopic (exact) mass is 474 g/mol. The van der Waals surface area contributed by atoms with Crippen molar-refractivity contribution in [3.8, 4) is 11.4 Å². The van der Waals surface area contributed by atoms with Crippen LogP contribution in [0.5, 0.6) is 0 Å². The molecule has 0 unspecified atom stereocenters. The van der Waals surface area contributed by atoms with Crippen molar-refractivity contribution in [3.05, 3.63) is 58.3 Å². The molecule has 1 aliphatic heterocycles. The highest BCUT2D eigenvalue weighted by atomic mass is 32.1. The number of pyridine rings is 2. The molecule has 0 radical (unpaired) electrons. The Balaban J connectivity index is 1.45. The predicted octanol–water partition coefficient (Wildman–Crippen LogP) is 3.33. The van der Waals surface area contributed by atoms with E-state index in [4.69, 9.17) is 9.72 Å². The van der Waals surface area contributed by atoms with E-state index in [1.807, 2.05) is 24.4 Å². The molecule has 5 aromatic heterocycles. The number of H-pyrrole nitrogens is 2. The first kappa shape index (κ1) is 20.8. The zero-order chi connectivity index (χ0) is 23.1. The van der Waals surface area contributed by atoms with Crippen molar-refractivity contribution in [2.75, 3.05) is 36.5 Å². The van der Waals surface area contributed by atoms with E-state index in [0.29, 0.717) is 36.1 Å². The van der Waals surface area contributed by atoms with Crippen LogP contribution in [0.3, 0.4) is 0 Å². The van der Waals surface area contributed by atoms with Crippen molar-refractivity contribution in [2.24, 2.45) is 0 Å². The van der Waals surface area contributed by atoms with Crippen LogP contribution in [0.15, 0.2) is 47.0 Å². The smallest absolute Gasteiger partial charge is 0.261 e. The number of fused-ring (bicyclic) bond motifs is 2. The topological polar surface area (TPSA) is 125 Å². The molecule has 1 atom stereocenters. The standard InChI is InChI=1S/C23H22N8O2S/c1-13(21-24-4-2-5-25-21)27-19-18(23(32)30-14-3-10-34-20(14)19)22-28-15-11-17(26-12-16(15)29-22)31-6-8-33-9-7-31/h2-5,10-13H,6-9H2,1H3,(H,28,29)(H2,27,30,32)/t13-/m1/s1. The highest BCUT2D eigenvalue weighted by molar-refractivity contribution is 7.17. The molecule has 172 valence electrons. The molecular formula is C23H22N8O2S. The molecule has 5 aromatic rings. The van der Waals surface area contributed by atoms with Gasteiger partial charge >= 0.3 is 0 Å². The molecular weight excluding hydrogens is 452 g/mol. The number of aromatic amines is 2. The summed E-state index contributed by atoms with van der Waals surface area (Å²) in [4.78, 5) is 39.8. The summed E-state index contributed by atoms with van der Waals surface area (Å²) in [6.45, 7) is 4.91. The Morgan fingerprint density at radius 3 is 2.79 bits per heavy atom. The number of ether oxygens (including phenoxy) is 1. The second kappa shape index (κ2) is 8.50. The van der Waals surface area contributed by atoms with Gasteiger partial charge < -0.3 is 24.9 Å². The second-order valence-corrected chi connectivity index (χ2v) is 9.00. The minimum absolute atomic E-state index is 0.217. The second-order valence-electron chi connectivity index (χ2n) is 8.09. The van der Waals surface area contributed by atoms with E-state index in [1.165, 1.54) is 0 Å². The SMILES string of the molecule is C[C@@H](Nc1c(-c2nc3cc(N4CCOCC4)ncc3[nH]2)c(=O)[nH]c2ccsc12)c1ncccn1. The Kier molecular flexibility index (Phi) is 5.19. The first-order valence-electron chi connectivity index (χ1n) is 11.0. The van der Waals surface area contributed by atoms with Gasteiger partial charge in [-0.25, -0.2) is 19.9 Å².